The third-order valence-corrected chi connectivity index (χ3v) is 2.15. The van der Waals surface area contributed by atoms with Gasteiger partial charge in [0, 0.05) is 12.5 Å². The van der Waals surface area contributed by atoms with Crippen LogP contribution in [0.3, 0.4) is 0 Å². The largest absolute Gasteiger partial charge is 0.259 e. The van der Waals surface area contributed by atoms with Gasteiger partial charge in [-0.25, -0.2) is 22.0 Å². The second kappa shape index (κ2) is 5.11. The minimum atomic E-state index is -2.30. The third-order valence-electron chi connectivity index (χ3n) is 2.15. The maximum atomic E-state index is 13.2. The van der Waals surface area contributed by atoms with Crippen molar-refractivity contribution in [1.29, 1.82) is 0 Å². The Bertz CT molecular complexity index is 513. The molecule has 1 rings (SSSR count). The van der Waals surface area contributed by atoms with E-state index in [1.54, 1.807) is 0 Å². The van der Waals surface area contributed by atoms with Gasteiger partial charge in [0.25, 0.3) is 0 Å². The number of hydrogen-bond donors (Lipinski definition) is 0. The smallest absolute Gasteiger partial charge is 0.246 e. The number of nitrogens with zero attached hydrogens (tertiary/aromatic N) is 1. The molecule has 0 amide bonds. The molecule has 0 unspecified atom stereocenters. The molecule has 3 nitrogen and oxygen atoms in total. The predicted molar refractivity (Wildman–Crippen MR) is 51.5 cm³/mol. The monoisotopic (exact) mass is 267 g/mol. The third kappa shape index (κ3) is 2.31. The van der Waals surface area contributed by atoms with Crippen LogP contribution in [0.2, 0.25) is 0 Å². The van der Waals surface area contributed by atoms with Crippen LogP contribution < -0.4 is 0 Å². The fourth-order valence-corrected chi connectivity index (χ4v) is 1.20. The fraction of sp³-hybridized carbons (Fsp3) is 0.200. The highest BCUT2D eigenvalue weighted by atomic mass is 19.2. The number of allylic oxidation sites excluding steroid dienone is 1. The molecule has 0 aromatic heterocycles. The van der Waals surface area contributed by atoms with Gasteiger partial charge in [0.05, 0.1) is 10.5 Å². The van der Waals surface area contributed by atoms with Crippen LogP contribution in [-0.2, 0) is 0 Å². The van der Waals surface area contributed by atoms with E-state index in [0.717, 1.165) is 0 Å². The van der Waals surface area contributed by atoms with Gasteiger partial charge >= 0.3 is 0 Å². The molecule has 0 N–H and O–H groups in total. The van der Waals surface area contributed by atoms with Crippen LogP contribution in [0.15, 0.2) is 5.70 Å². The Morgan fingerprint density at radius 2 is 1.44 bits per heavy atom. The molecule has 8 heteroatoms. The maximum Gasteiger partial charge on any atom is 0.246 e. The summed E-state index contributed by atoms with van der Waals surface area (Å²) in [5.74, 6) is -10.8. The summed E-state index contributed by atoms with van der Waals surface area (Å²) < 4.78 is 64.6. The van der Waals surface area contributed by atoms with Crippen molar-refractivity contribution in [3.63, 3.8) is 0 Å². The van der Waals surface area contributed by atoms with E-state index >= 15 is 0 Å². The molecule has 1 aromatic rings. The number of halogens is 5. The summed E-state index contributed by atoms with van der Waals surface area (Å²) in [6.07, 6.45) is 0.1000. The summed E-state index contributed by atoms with van der Waals surface area (Å²) in [5, 5.41) is 10.4. The summed E-state index contributed by atoms with van der Waals surface area (Å²) in [4.78, 5) is 9.46. The lowest BCUT2D eigenvalue weighted by atomic mass is 10.1. The van der Waals surface area contributed by atoms with Gasteiger partial charge in [-0.15, -0.1) is 0 Å². The van der Waals surface area contributed by atoms with Gasteiger partial charge in [-0.3, -0.25) is 10.1 Å². The first-order valence-electron chi connectivity index (χ1n) is 4.67. The van der Waals surface area contributed by atoms with Crippen LogP contribution in [0.4, 0.5) is 22.0 Å². The molecule has 0 fully saturated rings. The van der Waals surface area contributed by atoms with Gasteiger partial charge < -0.3 is 0 Å². The van der Waals surface area contributed by atoms with E-state index in [2.05, 4.69) is 0 Å². The lowest BCUT2D eigenvalue weighted by molar-refractivity contribution is -0.425. The maximum absolute atomic E-state index is 13.2. The Kier molecular flexibility index (Phi) is 4.00. The summed E-state index contributed by atoms with van der Waals surface area (Å²) in [7, 11) is 0. The van der Waals surface area contributed by atoms with Crippen molar-refractivity contribution in [3.05, 3.63) is 50.5 Å². The van der Waals surface area contributed by atoms with Gasteiger partial charge in [-0.05, 0) is 0 Å². The Labute approximate surface area is 97.7 Å². The van der Waals surface area contributed by atoms with Crippen LogP contribution in [0, 0.1) is 39.2 Å². The molecule has 0 spiro atoms. The zero-order valence-corrected chi connectivity index (χ0v) is 8.94. The molecular formula is C10H6F5NO2. The van der Waals surface area contributed by atoms with E-state index in [1.165, 1.54) is 6.92 Å². The molecule has 0 bridgehead atoms. The first kappa shape index (κ1) is 14.1. The van der Waals surface area contributed by atoms with E-state index in [-0.39, 0.29) is 6.42 Å². The van der Waals surface area contributed by atoms with Crippen LogP contribution in [0.1, 0.15) is 18.9 Å². The number of nitro groups is 1. The highest BCUT2D eigenvalue weighted by molar-refractivity contribution is 5.53. The Morgan fingerprint density at radius 1 is 1.06 bits per heavy atom. The van der Waals surface area contributed by atoms with Crippen molar-refractivity contribution in [2.45, 2.75) is 13.3 Å². The normalized spacial score (nSPS) is 11.8. The molecule has 0 atom stereocenters. The van der Waals surface area contributed by atoms with Gasteiger partial charge in [0.2, 0.25) is 11.5 Å². The van der Waals surface area contributed by atoms with Crippen molar-refractivity contribution >= 4 is 6.08 Å². The Hall–Kier alpha value is -1.99. The van der Waals surface area contributed by atoms with Gasteiger partial charge in [0.15, 0.2) is 23.3 Å². The Morgan fingerprint density at radius 3 is 1.78 bits per heavy atom. The van der Waals surface area contributed by atoms with E-state index in [9.17, 15) is 32.1 Å². The van der Waals surface area contributed by atoms with E-state index < -0.39 is 45.3 Å². The molecule has 0 aliphatic rings. The SMILES string of the molecule is CC/C(=C\c1c(F)c(F)c(F)c(F)c1F)[N+](=O)[O-]. The molecule has 98 valence electrons. The van der Waals surface area contributed by atoms with Crippen molar-refractivity contribution in [2.24, 2.45) is 0 Å². The van der Waals surface area contributed by atoms with Gasteiger partial charge in [-0.2, -0.15) is 0 Å². The second-order valence-corrected chi connectivity index (χ2v) is 3.23. The molecule has 0 saturated heterocycles. The average molecular weight is 267 g/mol. The predicted octanol–water partition coefficient (Wildman–Crippen LogP) is 3.41. The van der Waals surface area contributed by atoms with E-state index in [0.29, 0.717) is 6.08 Å². The van der Waals surface area contributed by atoms with Crippen molar-refractivity contribution in [3.8, 4) is 0 Å². The summed E-state index contributed by atoms with van der Waals surface area (Å²) in [6, 6.07) is 0. The van der Waals surface area contributed by atoms with Crippen molar-refractivity contribution < 1.29 is 26.9 Å². The number of hydrogen-bond acceptors (Lipinski definition) is 2. The topological polar surface area (TPSA) is 43.1 Å². The Balaban J connectivity index is 3.56. The summed E-state index contributed by atoms with van der Waals surface area (Å²) >= 11 is 0. The molecule has 0 saturated carbocycles. The van der Waals surface area contributed by atoms with Crippen LogP contribution in [0.25, 0.3) is 6.08 Å². The second-order valence-electron chi connectivity index (χ2n) is 3.23. The number of benzene rings is 1. The van der Waals surface area contributed by atoms with Crippen molar-refractivity contribution in [2.75, 3.05) is 0 Å². The summed E-state index contributed by atoms with van der Waals surface area (Å²) in [5.41, 5.74) is -1.99. The van der Waals surface area contributed by atoms with E-state index in [1.807, 2.05) is 0 Å². The van der Waals surface area contributed by atoms with Gasteiger partial charge in [-0.1, -0.05) is 6.92 Å². The molecule has 0 heterocycles. The minimum Gasteiger partial charge on any atom is -0.259 e. The minimum absolute atomic E-state index is 0.230. The lowest BCUT2D eigenvalue weighted by Crippen LogP contribution is -2.06. The van der Waals surface area contributed by atoms with Crippen molar-refractivity contribution in [1.82, 2.24) is 0 Å². The van der Waals surface area contributed by atoms with E-state index in [4.69, 9.17) is 0 Å². The highest BCUT2D eigenvalue weighted by Gasteiger charge is 2.26. The standard InChI is InChI=1S/C10H6F5NO2/c1-2-4(16(17)18)3-5-6(11)8(13)10(15)9(14)7(5)12/h3H,2H2,1H3/b4-3+. The highest BCUT2D eigenvalue weighted by Crippen LogP contribution is 2.25. The molecule has 18 heavy (non-hydrogen) atoms. The summed E-state index contributed by atoms with van der Waals surface area (Å²) in [6.45, 7) is 1.31. The quantitative estimate of drug-likeness (QED) is 0.277. The zero-order valence-electron chi connectivity index (χ0n) is 8.94. The fourth-order valence-electron chi connectivity index (χ4n) is 1.20. The van der Waals surface area contributed by atoms with Crippen LogP contribution in [0.5, 0.6) is 0 Å². The first-order chi connectivity index (χ1) is 8.31. The van der Waals surface area contributed by atoms with Gasteiger partial charge in [0.1, 0.15) is 0 Å². The zero-order chi connectivity index (χ0) is 14.0. The molecule has 1 aromatic carbocycles. The van der Waals surface area contributed by atoms with Crippen LogP contribution >= 0.6 is 0 Å². The molecular weight excluding hydrogens is 261 g/mol. The lowest BCUT2D eigenvalue weighted by Gasteiger charge is -2.04. The first-order valence-corrected chi connectivity index (χ1v) is 4.67. The molecule has 0 aliphatic carbocycles. The molecule has 0 aliphatic heterocycles. The number of rotatable bonds is 3. The average Bonchev–Trinajstić information content (AvgIpc) is 2.34. The van der Waals surface area contributed by atoms with Crippen LogP contribution in [-0.4, -0.2) is 4.92 Å². The molecule has 0 radical (unpaired) electrons.